The van der Waals surface area contributed by atoms with Crippen molar-refractivity contribution < 1.29 is 19.2 Å². The van der Waals surface area contributed by atoms with Gasteiger partial charge in [-0.15, -0.1) is 0 Å². The predicted molar refractivity (Wildman–Crippen MR) is 83.8 cm³/mol. The average molecular weight is 399 g/mol. The highest BCUT2D eigenvalue weighted by Gasteiger charge is 2.13. The number of ether oxygens (including phenoxy) is 2. The molecule has 0 heterocycles. The molecule has 2 rings (SSSR count). The fraction of sp³-hybridized carbons (Fsp3) is 0.0714. The molecule has 108 valence electrons. The Morgan fingerprint density at radius 3 is 2.62 bits per heavy atom. The van der Waals surface area contributed by atoms with Gasteiger partial charge < -0.3 is 9.47 Å². The highest BCUT2D eigenvalue weighted by Crippen LogP contribution is 2.24. The van der Waals surface area contributed by atoms with Crippen LogP contribution in [0.25, 0.3) is 0 Å². The molecule has 6 nitrogen and oxygen atoms in total. The molecule has 0 fully saturated rings. The van der Waals surface area contributed by atoms with Gasteiger partial charge in [0.25, 0.3) is 5.69 Å². The molecule has 0 aromatic heterocycles. The SMILES string of the molecule is COc1ccc(C(=O)Oc2cccc([N+](=O)[O-])c2)cc1I. The van der Waals surface area contributed by atoms with E-state index in [0.29, 0.717) is 11.3 Å². The minimum absolute atomic E-state index is 0.125. The van der Waals surface area contributed by atoms with Gasteiger partial charge in [0.2, 0.25) is 0 Å². The number of benzene rings is 2. The quantitative estimate of drug-likeness (QED) is 0.259. The van der Waals surface area contributed by atoms with E-state index in [9.17, 15) is 14.9 Å². The topological polar surface area (TPSA) is 78.7 Å². The Morgan fingerprint density at radius 2 is 2.00 bits per heavy atom. The zero-order valence-electron chi connectivity index (χ0n) is 10.9. The highest BCUT2D eigenvalue weighted by molar-refractivity contribution is 14.1. The van der Waals surface area contributed by atoms with E-state index in [-0.39, 0.29) is 11.4 Å². The molecule has 0 aliphatic heterocycles. The standard InChI is InChI=1S/C14H10INO5/c1-20-13-6-5-9(7-12(13)15)14(17)21-11-4-2-3-10(8-11)16(18)19/h2-8H,1H3. The Kier molecular flexibility index (Phi) is 4.73. The van der Waals surface area contributed by atoms with E-state index >= 15 is 0 Å². The van der Waals surface area contributed by atoms with E-state index in [1.54, 1.807) is 25.3 Å². The average Bonchev–Trinajstić information content (AvgIpc) is 2.47. The summed E-state index contributed by atoms with van der Waals surface area (Å²) in [6, 6.07) is 10.3. The van der Waals surface area contributed by atoms with E-state index in [1.807, 2.05) is 22.6 Å². The lowest BCUT2D eigenvalue weighted by Gasteiger charge is -2.07. The van der Waals surface area contributed by atoms with Crippen LogP contribution >= 0.6 is 22.6 Å². The lowest BCUT2D eigenvalue weighted by Crippen LogP contribution is -2.09. The molecular weight excluding hydrogens is 389 g/mol. The smallest absolute Gasteiger partial charge is 0.343 e. The molecular formula is C14H10INO5. The van der Waals surface area contributed by atoms with Crippen molar-refractivity contribution in [2.75, 3.05) is 7.11 Å². The van der Waals surface area contributed by atoms with E-state index in [2.05, 4.69) is 0 Å². The zero-order valence-corrected chi connectivity index (χ0v) is 13.1. The number of non-ortho nitro benzene ring substituents is 1. The maximum atomic E-state index is 12.0. The summed E-state index contributed by atoms with van der Waals surface area (Å²) < 4.78 is 11.0. The first kappa shape index (κ1) is 15.2. The number of esters is 1. The van der Waals surface area contributed by atoms with Gasteiger partial charge in [0.05, 0.1) is 27.2 Å². The van der Waals surface area contributed by atoms with Crippen molar-refractivity contribution in [2.24, 2.45) is 0 Å². The minimum Gasteiger partial charge on any atom is -0.496 e. The second kappa shape index (κ2) is 6.53. The summed E-state index contributed by atoms with van der Waals surface area (Å²) in [5.41, 5.74) is 0.205. The Morgan fingerprint density at radius 1 is 1.24 bits per heavy atom. The van der Waals surface area contributed by atoms with Gasteiger partial charge in [-0.2, -0.15) is 0 Å². The molecule has 0 spiro atoms. The molecule has 2 aromatic carbocycles. The Labute approximate surface area is 134 Å². The number of nitro groups is 1. The van der Waals surface area contributed by atoms with Crippen LogP contribution in [0.2, 0.25) is 0 Å². The fourth-order valence-electron chi connectivity index (χ4n) is 1.62. The van der Waals surface area contributed by atoms with E-state index in [1.165, 1.54) is 24.3 Å². The van der Waals surface area contributed by atoms with Gasteiger partial charge in [0, 0.05) is 6.07 Å². The molecule has 2 aromatic rings. The molecule has 0 amide bonds. The van der Waals surface area contributed by atoms with Crippen molar-refractivity contribution in [1.82, 2.24) is 0 Å². The summed E-state index contributed by atoms with van der Waals surface area (Å²) in [6.07, 6.45) is 0. The van der Waals surface area contributed by atoms with Gasteiger partial charge in [0.1, 0.15) is 11.5 Å². The number of halogens is 1. The molecule has 0 saturated carbocycles. The zero-order chi connectivity index (χ0) is 15.4. The third-order valence-corrected chi connectivity index (χ3v) is 3.47. The summed E-state index contributed by atoms with van der Waals surface area (Å²) in [5, 5.41) is 10.7. The Hall–Kier alpha value is -2.16. The highest BCUT2D eigenvalue weighted by atomic mass is 127. The summed E-state index contributed by atoms with van der Waals surface area (Å²) >= 11 is 2.04. The molecule has 7 heteroatoms. The van der Waals surface area contributed by atoms with Crippen LogP contribution in [0, 0.1) is 13.7 Å². The molecule has 0 saturated heterocycles. The normalized spacial score (nSPS) is 10.0. The van der Waals surface area contributed by atoms with E-state index in [4.69, 9.17) is 9.47 Å². The molecule has 21 heavy (non-hydrogen) atoms. The number of hydrogen-bond acceptors (Lipinski definition) is 5. The van der Waals surface area contributed by atoms with Crippen LogP contribution in [-0.4, -0.2) is 18.0 Å². The van der Waals surface area contributed by atoms with Crippen molar-refractivity contribution in [2.45, 2.75) is 0 Å². The van der Waals surface area contributed by atoms with Gasteiger partial charge in [-0.25, -0.2) is 4.79 Å². The largest absolute Gasteiger partial charge is 0.496 e. The number of nitrogens with zero attached hydrogens (tertiary/aromatic N) is 1. The van der Waals surface area contributed by atoms with Gasteiger partial charge in [0.15, 0.2) is 0 Å². The summed E-state index contributed by atoms with van der Waals surface area (Å²) in [5.74, 6) is 0.193. The van der Waals surface area contributed by atoms with Crippen LogP contribution < -0.4 is 9.47 Å². The van der Waals surface area contributed by atoms with Crippen molar-refractivity contribution in [3.05, 3.63) is 61.7 Å². The molecule has 0 aliphatic carbocycles. The summed E-state index contributed by atoms with van der Waals surface area (Å²) in [6.45, 7) is 0. The Balaban J connectivity index is 2.20. The first-order valence-electron chi connectivity index (χ1n) is 5.81. The van der Waals surface area contributed by atoms with Crippen LogP contribution in [0.5, 0.6) is 11.5 Å². The number of rotatable bonds is 4. The van der Waals surface area contributed by atoms with Crippen LogP contribution in [-0.2, 0) is 0 Å². The van der Waals surface area contributed by atoms with Crippen molar-refractivity contribution in [3.8, 4) is 11.5 Å². The summed E-state index contributed by atoms with van der Waals surface area (Å²) in [4.78, 5) is 22.1. The second-order valence-corrected chi connectivity index (χ2v) is 5.16. The third-order valence-electron chi connectivity index (χ3n) is 2.63. The number of hydrogen-bond donors (Lipinski definition) is 0. The van der Waals surface area contributed by atoms with Crippen molar-refractivity contribution in [3.63, 3.8) is 0 Å². The van der Waals surface area contributed by atoms with Crippen LogP contribution in [0.1, 0.15) is 10.4 Å². The van der Waals surface area contributed by atoms with Crippen LogP contribution in [0.15, 0.2) is 42.5 Å². The number of nitro benzene ring substituents is 1. The van der Waals surface area contributed by atoms with Crippen molar-refractivity contribution >= 4 is 34.2 Å². The molecule has 0 unspecified atom stereocenters. The maximum absolute atomic E-state index is 12.0. The molecule has 0 N–H and O–H groups in total. The van der Waals surface area contributed by atoms with Gasteiger partial charge in [-0.1, -0.05) is 6.07 Å². The Bertz CT molecular complexity index is 702. The monoisotopic (exact) mass is 399 g/mol. The van der Waals surface area contributed by atoms with E-state index < -0.39 is 10.9 Å². The fourth-order valence-corrected chi connectivity index (χ4v) is 2.36. The molecule has 0 aliphatic rings. The molecule has 0 radical (unpaired) electrons. The van der Waals surface area contributed by atoms with Gasteiger partial charge >= 0.3 is 5.97 Å². The maximum Gasteiger partial charge on any atom is 0.343 e. The van der Waals surface area contributed by atoms with Gasteiger partial charge in [-0.05, 0) is 46.9 Å². The first-order valence-corrected chi connectivity index (χ1v) is 6.89. The number of methoxy groups -OCH3 is 1. The molecule has 0 bridgehead atoms. The lowest BCUT2D eigenvalue weighted by molar-refractivity contribution is -0.384. The molecule has 0 atom stereocenters. The predicted octanol–water partition coefficient (Wildman–Crippen LogP) is 3.43. The summed E-state index contributed by atoms with van der Waals surface area (Å²) in [7, 11) is 1.54. The second-order valence-electron chi connectivity index (χ2n) is 3.99. The number of carbonyl (C=O) groups is 1. The lowest BCUT2D eigenvalue weighted by atomic mass is 10.2. The van der Waals surface area contributed by atoms with E-state index in [0.717, 1.165) is 3.57 Å². The minimum atomic E-state index is -0.587. The van der Waals surface area contributed by atoms with Gasteiger partial charge in [-0.3, -0.25) is 10.1 Å². The first-order chi connectivity index (χ1) is 10.0. The van der Waals surface area contributed by atoms with Crippen LogP contribution in [0.4, 0.5) is 5.69 Å². The third kappa shape index (κ3) is 3.69. The van der Waals surface area contributed by atoms with Crippen molar-refractivity contribution in [1.29, 1.82) is 0 Å². The number of carbonyl (C=O) groups excluding carboxylic acids is 1. The van der Waals surface area contributed by atoms with Crippen LogP contribution in [0.3, 0.4) is 0 Å².